The number of hydrogen-bond acceptors (Lipinski definition) is 3. The average Bonchev–Trinajstić information content (AvgIpc) is 2.51. The molecule has 2 aliphatic rings. The Bertz CT molecular complexity index is 728. The predicted molar refractivity (Wildman–Crippen MR) is 93.0 cm³/mol. The van der Waals surface area contributed by atoms with Gasteiger partial charge >= 0.3 is 0 Å². The Morgan fingerprint density at radius 3 is 2.54 bits per heavy atom. The van der Waals surface area contributed by atoms with Crippen molar-refractivity contribution in [1.29, 1.82) is 5.26 Å². The Morgan fingerprint density at radius 2 is 1.92 bits per heavy atom. The predicted octanol–water partition coefficient (Wildman–Crippen LogP) is 3.83. The number of nitrogens with zero attached hydrogens (tertiary/aromatic N) is 1. The first-order valence-electron chi connectivity index (χ1n) is 8.64. The van der Waals surface area contributed by atoms with Crippen LogP contribution in [0.3, 0.4) is 0 Å². The Hall–Kier alpha value is -1.92. The molecule has 0 aromatic heterocycles. The lowest BCUT2D eigenvalue weighted by atomic mass is 9.50. The second-order valence-corrected chi connectivity index (χ2v) is 8.38. The first-order chi connectivity index (χ1) is 11.2. The van der Waals surface area contributed by atoms with Crippen LogP contribution in [0.25, 0.3) is 0 Å². The summed E-state index contributed by atoms with van der Waals surface area (Å²) in [7, 11) is 0. The van der Waals surface area contributed by atoms with Crippen molar-refractivity contribution < 1.29 is 9.90 Å². The third-order valence-corrected chi connectivity index (χ3v) is 6.08. The van der Waals surface area contributed by atoms with Crippen molar-refractivity contribution in [3.05, 3.63) is 47.5 Å². The molecule has 1 fully saturated rings. The van der Waals surface area contributed by atoms with Crippen molar-refractivity contribution in [1.82, 2.24) is 0 Å². The second-order valence-electron chi connectivity index (χ2n) is 8.38. The first kappa shape index (κ1) is 16.9. The molecule has 0 saturated heterocycles. The molecule has 3 nitrogen and oxygen atoms in total. The number of nitriles is 1. The van der Waals surface area contributed by atoms with E-state index in [1.807, 2.05) is 50.3 Å². The van der Waals surface area contributed by atoms with Crippen molar-refractivity contribution in [3.8, 4) is 6.07 Å². The van der Waals surface area contributed by atoms with Gasteiger partial charge < -0.3 is 5.11 Å². The Labute approximate surface area is 144 Å². The highest BCUT2D eigenvalue weighted by Gasteiger charge is 2.56. The van der Waals surface area contributed by atoms with Crippen molar-refractivity contribution in [2.24, 2.45) is 16.7 Å². The second kappa shape index (κ2) is 5.57. The summed E-state index contributed by atoms with van der Waals surface area (Å²) in [6, 6.07) is 12.1. The minimum absolute atomic E-state index is 0.0547. The highest BCUT2D eigenvalue weighted by molar-refractivity contribution is 6.04. The molecular formula is C21H25NO2. The molecule has 3 heteroatoms. The topological polar surface area (TPSA) is 61.1 Å². The average molecular weight is 323 g/mol. The minimum atomic E-state index is -0.792. The van der Waals surface area contributed by atoms with Crippen molar-refractivity contribution in [2.45, 2.75) is 52.1 Å². The maximum atomic E-state index is 12.6. The third-order valence-electron chi connectivity index (χ3n) is 6.08. The van der Waals surface area contributed by atoms with Crippen LogP contribution in [0.1, 0.15) is 45.6 Å². The number of benzene rings is 1. The fourth-order valence-corrected chi connectivity index (χ4v) is 5.11. The van der Waals surface area contributed by atoms with Gasteiger partial charge in [0.15, 0.2) is 5.78 Å². The summed E-state index contributed by atoms with van der Waals surface area (Å²) >= 11 is 0. The van der Waals surface area contributed by atoms with Crippen molar-refractivity contribution >= 4 is 5.78 Å². The summed E-state index contributed by atoms with van der Waals surface area (Å²) < 4.78 is 0. The van der Waals surface area contributed by atoms with Gasteiger partial charge in [0, 0.05) is 11.8 Å². The Balaban J connectivity index is 1.94. The lowest BCUT2D eigenvalue weighted by molar-refractivity contribution is -0.137. The zero-order chi connectivity index (χ0) is 17.6. The smallest absolute Gasteiger partial charge is 0.178 e. The van der Waals surface area contributed by atoms with Crippen LogP contribution in [0.5, 0.6) is 0 Å². The zero-order valence-electron chi connectivity index (χ0n) is 14.7. The highest BCUT2D eigenvalue weighted by atomic mass is 16.3. The van der Waals surface area contributed by atoms with E-state index >= 15 is 0 Å². The van der Waals surface area contributed by atoms with Gasteiger partial charge in [0.2, 0.25) is 0 Å². The molecule has 0 amide bonds. The van der Waals surface area contributed by atoms with Crippen LogP contribution in [-0.2, 0) is 11.2 Å². The molecule has 3 rings (SSSR count). The van der Waals surface area contributed by atoms with E-state index in [-0.39, 0.29) is 22.7 Å². The molecule has 24 heavy (non-hydrogen) atoms. The van der Waals surface area contributed by atoms with Gasteiger partial charge in [-0.15, -0.1) is 0 Å². The molecular weight excluding hydrogens is 298 g/mol. The molecule has 0 bridgehead atoms. The van der Waals surface area contributed by atoms with Gasteiger partial charge in [-0.1, -0.05) is 57.2 Å². The number of hydrogen-bond donors (Lipinski definition) is 1. The van der Waals surface area contributed by atoms with E-state index in [1.165, 1.54) is 0 Å². The number of carbonyl (C=O) groups excluding carboxylic acids is 1. The van der Waals surface area contributed by atoms with E-state index in [4.69, 9.17) is 0 Å². The molecule has 0 heterocycles. The molecule has 2 aliphatic carbocycles. The van der Waals surface area contributed by atoms with Crippen LogP contribution in [0.4, 0.5) is 0 Å². The van der Waals surface area contributed by atoms with E-state index in [0.29, 0.717) is 19.3 Å². The Kier molecular flexibility index (Phi) is 3.92. The number of allylic oxidation sites excluding steroid dienone is 2. The minimum Gasteiger partial charge on any atom is -0.390 e. The van der Waals surface area contributed by atoms with E-state index in [2.05, 4.69) is 13.0 Å². The molecule has 126 valence electrons. The van der Waals surface area contributed by atoms with Crippen LogP contribution in [0, 0.1) is 28.1 Å². The summed E-state index contributed by atoms with van der Waals surface area (Å²) in [4.78, 5) is 12.6. The van der Waals surface area contributed by atoms with Crippen molar-refractivity contribution in [2.75, 3.05) is 0 Å². The fourth-order valence-electron chi connectivity index (χ4n) is 5.11. The van der Waals surface area contributed by atoms with Gasteiger partial charge in [-0.3, -0.25) is 4.79 Å². The molecule has 0 aliphatic heterocycles. The lowest BCUT2D eigenvalue weighted by Gasteiger charge is -2.54. The van der Waals surface area contributed by atoms with E-state index in [9.17, 15) is 15.2 Å². The van der Waals surface area contributed by atoms with E-state index < -0.39 is 11.0 Å². The van der Waals surface area contributed by atoms with Crippen LogP contribution >= 0.6 is 0 Å². The van der Waals surface area contributed by atoms with Crippen LogP contribution in [0.2, 0.25) is 0 Å². The fraction of sp³-hybridized carbons (Fsp3) is 0.524. The number of aliphatic hydroxyl groups is 1. The van der Waals surface area contributed by atoms with Gasteiger partial charge in [0.25, 0.3) is 0 Å². The maximum Gasteiger partial charge on any atom is 0.178 e. The third kappa shape index (κ3) is 2.70. The number of carbonyl (C=O) groups is 1. The zero-order valence-corrected chi connectivity index (χ0v) is 14.7. The summed E-state index contributed by atoms with van der Waals surface area (Å²) in [5.74, 6) is 0.103. The van der Waals surface area contributed by atoms with Gasteiger partial charge in [0.05, 0.1) is 11.2 Å². The Morgan fingerprint density at radius 1 is 1.25 bits per heavy atom. The summed E-state index contributed by atoms with van der Waals surface area (Å²) in [5, 5.41) is 20.6. The van der Waals surface area contributed by atoms with Crippen LogP contribution in [-0.4, -0.2) is 16.5 Å². The number of Topliss-reactive ketones (excluding diaryl/α,β-unsaturated/α-hetero) is 1. The monoisotopic (exact) mass is 323 g/mol. The first-order valence-corrected chi connectivity index (χ1v) is 8.64. The largest absolute Gasteiger partial charge is 0.390 e. The van der Waals surface area contributed by atoms with Gasteiger partial charge in [-0.2, -0.15) is 5.26 Å². The molecule has 1 saturated carbocycles. The van der Waals surface area contributed by atoms with Gasteiger partial charge in [0.1, 0.15) is 6.07 Å². The van der Waals surface area contributed by atoms with Crippen LogP contribution < -0.4 is 0 Å². The molecule has 0 unspecified atom stereocenters. The molecule has 0 spiro atoms. The van der Waals surface area contributed by atoms with Crippen LogP contribution in [0.15, 0.2) is 42.0 Å². The highest BCUT2D eigenvalue weighted by Crippen LogP contribution is 2.57. The number of fused-ring (bicyclic) bond motifs is 1. The summed E-state index contributed by atoms with van der Waals surface area (Å²) in [6.07, 6.45) is 4.52. The lowest BCUT2D eigenvalue weighted by Crippen LogP contribution is -2.54. The quantitative estimate of drug-likeness (QED) is 0.900. The molecule has 3 atom stereocenters. The van der Waals surface area contributed by atoms with Gasteiger partial charge in [-0.25, -0.2) is 0 Å². The van der Waals surface area contributed by atoms with E-state index in [0.717, 1.165) is 12.0 Å². The molecule has 1 aromatic carbocycles. The summed E-state index contributed by atoms with van der Waals surface area (Å²) in [5.41, 5.74) is -0.298. The molecule has 1 N–H and O–H groups in total. The summed E-state index contributed by atoms with van der Waals surface area (Å²) in [6.45, 7) is 5.99. The molecule has 1 aromatic rings. The number of ketones is 1. The van der Waals surface area contributed by atoms with Crippen molar-refractivity contribution in [3.63, 3.8) is 0 Å². The molecule has 0 radical (unpaired) electrons. The standard InChI is InChI=1S/C21H25NO2/c1-19(2)17-9-10-21(24,11-15-7-5-4-6-8-15)14-20(17,3)12-16(13-22)18(19)23/h4-8,12,17,24H,9-11,14H2,1-3H3/t17-,20-,21+/m0/s1. The SMILES string of the molecule is CC1(C)C(=O)C(C#N)=C[C@@]2(C)C[C@](O)(Cc3ccccc3)CC[C@@H]12. The normalized spacial score (nSPS) is 34.9. The number of rotatable bonds is 2. The van der Waals surface area contributed by atoms with Gasteiger partial charge in [-0.05, 0) is 36.2 Å². The maximum absolute atomic E-state index is 12.6. The van der Waals surface area contributed by atoms with E-state index in [1.54, 1.807) is 0 Å².